The minimum Gasteiger partial charge on any atom is -0.337 e. The third kappa shape index (κ3) is 3.04. The Hall–Kier alpha value is -0.940. The molecule has 0 aliphatic carbocycles. The van der Waals surface area contributed by atoms with Gasteiger partial charge in [0.05, 0.1) is 17.1 Å². The lowest BCUT2D eigenvalue weighted by Crippen LogP contribution is -2.52. The summed E-state index contributed by atoms with van der Waals surface area (Å²) in [5.41, 5.74) is 0.919. The summed E-state index contributed by atoms with van der Waals surface area (Å²) in [5.74, 6) is 0.201. The standard InChI is InChI=1S/C12H19N3OS/c1-3-11-14-10(8-17-11)6-12(16)15-5-4-13-7-9(15)2/h8-9,13H,3-7H2,1-2H3/t9-/m1/s1. The Morgan fingerprint density at radius 3 is 3.18 bits per heavy atom. The molecule has 1 N–H and O–H groups in total. The molecule has 1 fully saturated rings. The molecule has 1 aliphatic heterocycles. The van der Waals surface area contributed by atoms with Crippen molar-refractivity contribution >= 4 is 17.2 Å². The molecule has 0 saturated carbocycles. The molecule has 0 spiro atoms. The van der Waals surface area contributed by atoms with Crippen molar-refractivity contribution in [3.8, 4) is 0 Å². The monoisotopic (exact) mass is 253 g/mol. The van der Waals surface area contributed by atoms with Gasteiger partial charge in [-0.05, 0) is 13.3 Å². The van der Waals surface area contributed by atoms with Crippen LogP contribution in [0.1, 0.15) is 24.5 Å². The molecule has 5 heteroatoms. The zero-order chi connectivity index (χ0) is 12.3. The molecule has 0 bridgehead atoms. The fourth-order valence-electron chi connectivity index (χ4n) is 2.06. The highest BCUT2D eigenvalue weighted by Crippen LogP contribution is 2.13. The fourth-order valence-corrected chi connectivity index (χ4v) is 2.81. The summed E-state index contributed by atoms with van der Waals surface area (Å²) < 4.78 is 0. The zero-order valence-corrected chi connectivity index (χ0v) is 11.2. The highest BCUT2D eigenvalue weighted by Gasteiger charge is 2.23. The fraction of sp³-hybridized carbons (Fsp3) is 0.667. The summed E-state index contributed by atoms with van der Waals surface area (Å²) in [4.78, 5) is 18.5. The summed E-state index contributed by atoms with van der Waals surface area (Å²) in [6.45, 7) is 6.77. The van der Waals surface area contributed by atoms with Crippen LogP contribution in [-0.4, -0.2) is 41.5 Å². The third-order valence-electron chi connectivity index (χ3n) is 3.06. The number of thiazole rings is 1. The topological polar surface area (TPSA) is 45.2 Å². The van der Waals surface area contributed by atoms with Gasteiger partial charge in [0, 0.05) is 31.1 Å². The van der Waals surface area contributed by atoms with Crippen molar-refractivity contribution in [1.29, 1.82) is 0 Å². The van der Waals surface area contributed by atoms with Crippen LogP contribution in [0.3, 0.4) is 0 Å². The first-order valence-corrected chi connectivity index (χ1v) is 7.02. The lowest BCUT2D eigenvalue weighted by molar-refractivity contribution is -0.133. The molecule has 0 aromatic carbocycles. The summed E-state index contributed by atoms with van der Waals surface area (Å²) >= 11 is 1.64. The van der Waals surface area contributed by atoms with E-state index in [1.807, 2.05) is 10.3 Å². The summed E-state index contributed by atoms with van der Waals surface area (Å²) in [6.07, 6.45) is 1.39. The van der Waals surface area contributed by atoms with Gasteiger partial charge in [-0.3, -0.25) is 4.79 Å². The summed E-state index contributed by atoms with van der Waals surface area (Å²) in [6, 6.07) is 0.292. The van der Waals surface area contributed by atoms with Crippen LogP contribution in [0.2, 0.25) is 0 Å². The highest BCUT2D eigenvalue weighted by atomic mass is 32.1. The SMILES string of the molecule is CCc1nc(CC(=O)N2CCNC[C@H]2C)cs1. The van der Waals surface area contributed by atoms with Crippen LogP contribution in [-0.2, 0) is 17.6 Å². The lowest BCUT2D eigenvalue weighted by Gasteiger charge is -2.33. The van der Waals surface area contributed by atoms with E-state index in [-0.39, 0.29) is 5.91 Å². The number of aryl methyl sites for hydroxylation is 1. The number of carbonyl (C=O) groups excluding carboxylic acids is 1. The number of piperazine rings is 1. The predicted octanol–water partition coefficient (Wildman–Crippen LogP) is 1.07. The number of aromatic nitrogens is 1. The highest BCUT2D eigenvalue weighted by molar-refractivity contribution is 7.09. The number of hydrogen-bond donors (Lipinski definition) is 1. The molecule has 1 amide bonds. The van der Waals surface area contributed by atoms with Gasteiger partial charge in [0.2, 0.25) is 5.91 Å². The van der Waals surface area contributed by atoms with E-state index in [0.717, 1.165) is 36.8 Å². The van der Waals surface area contributed by atoms with Gasteiger partial charge in [0.1, 0.15) is 0 Å². The van der Waals surface area contributed by atoms with Gasteiger partial charge in [0.25, 0.3) is 0 Å². The van der Waals surface area contributed by atoms with Crippen LogP contribution in [0.5, 0.6) is 0 Å². The predicted molar refractivity (Wildman–Crippen MR) is 69.2 cm³/mol. The Labute approximate surface area is 106 Å². The molecule has 1 atom stereocenters. The van der Waals surface area contributed by atoms with Crippen LogP contribution in [0.25, 0.3) is 0 Å². The normalized spacial score (nSPS) is 20.6. The van der Waals surface area contributed by atoms with E-state index in [1.165, 1.54) is 0 Å². The van der Waals surface area contributed by atoms with Crippen LogP contribution in [0.15, 0.2) is 5.38 Å². The Kier molecular flexibility index (Phi) is 4.12. The molecule has 17 heavy (non-hydrogen) atoms. The average molecular weight is 253 g/mol. The third-order valence-corrected chi connectivity index (χ3v) is 4.10. The first kappa shape index (κ1) is 12.5. The van der Waals surface area contributed by atoms with E-state index in [4.69, 9.17) is 0 Å². The lowest BCUT2D eigenvalue weighted by atomic mass is 10.2. The van der Waals surface area contributed by atoms with E-state index in [9.17, 15) is 4.79 Å². The van der Waals surface area contributed by atoms with E-state index in [2.05, 4.69) is 24.1 Å². The van der Waals surface area contributed by atoms with Crippen molar-refractivity contribution in [1.82, 2.24) is 15.2 Å². The Bertz CT molecular complexity index is 391. The van der Waals surface area contributed by atoms with Crippen LogP contribution in [0, 0.1) is 0 Å². The molecule has 1 aromatic rings. The summed E-state index contributed by atoms with van der Waals surface area (Å²) in [5, 5.41) is 6.40. The van der Waals surface area contributed by atoms with E-state index >= 15 is 0 Å². The maximum atomic E-state index is 12.1. The Morgan fingerprint density at radius 2 is 2.53 bits per heavy atom. The minimum atomic E-state index is 0.201. The van der Waals surface area contributed by atoms with Gasteiger partial charge in [0.15, 0.2) is 0 Å². The first-order valence-electron chi connectivity index (χ1n) is 6.14. The smallest absolute Gasteiger partial charge is 0.228 e. The van der Waals surface area contributed by atoms with Crippen molar-refractivity contribution in [3.05, 3.63) is 16.1 Å². The Morgan fingerprint density at radius 1 is 1.71 bits per heavy atom. The van der Waals surface area contributed by atoms with Crippen LogP contribution < -0.4 is 5.32 Å². The van der Waals surface area contributed by atoms with Gasteiger partial charge in [-0.15, -0.1) is 11.3 Å². The van der Waals surface area contributed by atoms with Gasteiger partial charge >= 0.3 is 0 Å². The molecule has 4 nitrogen and oxygen atoms in total. The largest absolute Gasteiger partial charge is 0.337 e. The van der Waals surface area contributed by atoms with Gasteiger partial charge < -0.3 is 10.2 Å². The van der Waals surface area contributed by atoms with Crippen molar-refractivity contribution < 1.29 is 4.79 Å². The molecule has 94 valence electrons. The number of nitrogens with one attached hydrogen (secondary N) is 1. The number of carbonyl (C=O) groups is 1. The molecule has 1 saturated heterocycles. The second-order valence-electron chi connectivity index (χ2n) is 4.40. The maximum absolute atomic E-state index is 12.1. The molecule has 2 heterocycles. The number of amides is 1. The van der Waals surface area contributed by atoms with E-state index in [1.54, 1.807) is 11.3 Å². The first-order chi connectivity index (χ1) is 8.20. The molecular formula is C12H19N3OS. The second-order valence-corrected chi connectivity index (χ2v) is 5.35. The average Bonchev–Trinajstić information content (AvgIpc) is 2.77. The van der Waals surface area contributed by atoms with E-state index in [0.29, 0.717) is 12.5 Å². The van der Waals surface area contributed by atoms with Crippen molar-refractivity contribution in [2.24, 2.45) is 0 Å². The number of rotatable bonds is 3. The second kappa shape index (κ2) is 5.60. The molecular weight excluding hydrogens is 234 g/mol. The number of nitrogens with zero attached hydrogens (tertiary/aromatic N) is 2. The van der Waals surface area contributed by atoms with Crippen LogP contribution in [0.4, 0.5) is 0 Å². The minimum absolute atomic E-state index is 0.201. The van der Waals surface area contributed by atoms with Crippen LogP contribution >= 0.6 is 11.3 Å². The molecule has 1 aliphatic rings. The number of hydrogen-bond acceptors (Lipinski definition) is 4. The van der Waals surface area contributed by atoms with E-state index < -0.39 is 0 Å². The molecule has 1 aromatic heterocycles. The van der Waals surface area contributed by atoms with Gasteiger partial charge in [-0.2, -0.15) is 0 Å². The quantitative estimate of drug-likeness (QED) is 0.876. The molecule has 0 unspecified atom stereocenters. The zero-order valence-electron chi connectivity index (χ0n) is 10.4. The van der Waals surface area contributed by atoms with Crippen molar-refractivity contribution in [2.75, 3.05) is 19.6 Å². The van der Waals surface area contributed by atoms with Crippen molar-refractivity contribution in [2.45, 2.75) is 32.7 Å². The molecule has 0 radical (unpaired) electrons. The van der Waals surface area contributed by atoms with Gasteiger partial charge in [-0.1, -0.05) is 6.92 Å². The van der Waals surface area contributed by atoms with Crippen molar-refractivity contribution in [3.63, 3.8) is 0 Å². The summed E-state index contributed by atoms with van der Waals surface area (Å²) in [7, 11) is 0. The Balaban J connectivity index is 1.95. The molecule has 2 rings (SSSR count). The maximum Gasteiger partial charge on any atom is 0.228 e. The van der Waals surface area contributed by atoms with Gasteiger partial charge in [-0.25, -0.2) is 4.98 Å².